The Balaban J connectivity index is 1.42. The van der Waals surface area contributed by atoms with Crippen LogP contribution in [0.2, 0.25) is 10.0 Å². The summed E-state index contributed by atoms with van der Waals surface area (Å²) in [5, 5.41) is 5.43. The molecule has 1 aromatic heterocycles. The fourth-order valence-corrected chi connectivity index (χ4v) is 4.55. The predicted molar refractivity (Wildman–Crippen MR) is 157 cm³/mol. The molecular weight excluding hydrogens is 585 g/mol. The minimum atomic E-state index is -0.906. The lowest BCUT2D eigenvalue weighted by molar-refractivity contribution is -0.136. The van der Waals surface area contributed by atoms with E-state index in [-0.39, 0.29) is 34.4 Å². The number of carbonyl (C=O) groups is 4. The molecule has 3 amide bonds. The summed E-state index contributed by atoms with van der Waals surface area (Å²) in [6, 6.07) is 15.1. The molecule has 3 aromatic rings. The number of halogens is 2. The van der Waals surface area contributed by atoms with Gasteiger partial charge < -0.3 is 29.4 Å². The van der Waals surface area contributed by atoms with Gasteiger partial charge in [-0.15, -0.1) is 0 Å². The third-order valence-electron chi connectivity index (χ3n) is 6.46. The first-order valence-electron chi connectivity index (χ1n) is 12.7. The van der Waals surface area contributed by atoms with Gasteiger partial charge in [0.05, 0.1) is 42.0 Å². The highest BCUT2D eigenvalue weighted by Gasteiger charge is 2.37. The van der Waals surface area contributed by atoms with E-state index in [4.69, 9.17) is 37.1 Å². The molecule has 0 saturated heterocycles. The van der Waals surface area contributed by atoms with E-state index in [0.29, 0.717) is 35.1 Å². The second-order valence-corrected chi connectivity index (χ2v) is 9.95. The van der Waals surface area contributed by atoms with E-state index in [2.05, 4.69) is 10.6 Å². The lowest BCUT2D eigenvalue weighted by Crippen LogP contribution is -2.34. The zero-order valence-corrected chi connectivity index (χ0v) is 24.5. The fourth-order valence-electron chi connectivity index (χ4n) is 4.25. The van der Waals surface area contributed by atoms with Crippen molar-refractivity contribution < 1.29 is 33.1 Å². The summed E-state index contributed by atoms with van der Waals surface area (Å²) < 4.78 is 15.9. The van der Waals surface area contributed by atoms with Crippen molar-refractivity contribution >= 4 is 58.7 Å². The summed E-state index contributed by atoms with van der Waals surface area (Å²) in [5.74, 6) is -1.50. The Morgan fingerprint density at radius 3 is 2.38 bits per heavy atom. The van der Waals surface area contributed by atoms with Gasteiger partial charge >= 0.3 is 17.8 Å². The lowest BCUT2D eigenvalue weighted by atomic mass is 10.1. The molecule has 4 rings (SSSR count). The molecule has 10 nitrogen and oxygen atoms in total. The first-order valence-corrected chi connectivity index (χ1v) is 13.5. The van der Waals surface area contributed by atoms with E-state index in [1.807, 2.05) is 24.3 Å². The van der Waals surface area contributed by atoms with Gasteiger partial charge in [0.1, 0.15) is 17.3 Å². The normalized spacial score (nSPS) is 13.9. The summed E-state index contributed by atoms with van der Waals surface area (Å²) >= 11 is 11.8. The maximum Gasteiger partial charge on any atom is 0.340 e. The number of amides is 3. The number of methoxy groups -OCH3 is 2. The molecule has 2 N–H and O–H groups in total. The van der Waals surface area contributed by atoms with Crippen molar-refractivity contribution in [3.05, 3.63) is 98.6 Å². The van der Waals surface area contributed by atoms with E-state index in [0.717, 1.165) is 11.3 Å². The second-order valence-electron chi connectivity index (χ2n) is 9.13. The number of nitrogens with zero attached hydrogens (tertiary/aromatic N) is 1. The van der Waals surface area contributed by atoms with Crippen LogP contribution in [-0.2, 0) is 36.9 Å². The second kappa shape index (κ2) is 13.4. The van der Waals surface area contributed by atoms with Gasteiger partial charge in [-0.05, 0) is 67.4 Å². The van der Waals surface area contributed by atoms with Crippen LogP contribution in [0.15, 0.2) is 75.9 Å². The lowest BCUT2D eigenvalue weighted by Gasteiger charge is -2.17. The minimum Gasteiger partial charge on any atom is -0.497 e. The Morgan fingerprint density at radius 2 is 1.71 bits per heavy atom. The molecule has 0 spiro atoms. The molecule has 0 aliphatic carbocycles. The van der Waals surface area contributed by atoms with Crippen LogP contribution in [0.3, 0.4) is 0 Å². The smallest absolute Gasteiger partial charge is 0.340 e. The molecule has 0 saturated carbocycles. The number of nitrogens with one attached hydrogen (secondary N) is 2. The Kier molecular flexibility index (Phi) is 9.72. The molecule has 218 valence electrons. The van der Waals surface area contributed by atoms with Crippen LogP contribution < -0.4 is 15.4 Å². The van der Waals surface area contributed by atoms with Crippen LogP contribution in [0.25, 0.3) is 6.08 Å². The molecule has 0 atom stereocenters. The molecule has 2 aromatic carbocycles. The third kappa shape index (κ3) is 7.02. The highest BCUT2D eigenvalue weighted by molar-refractivity contribution is 6.43. The molecule has 42 heavy (non-hydrogen) atoms. The molecule has 0 fully saturated rings. The molecule has 0 bridgehead atoms. The van der Waals surface area contributed by atoms with Crippen LogP contribution in [-0.4, -0.2) is 49.4 Å². The summed E-state index contributed by atoms with van der Waals surface area (Å²) in [5.41, 5.74) is 2.04. The average Bonchev–Trinajstić information content (AvgIpc) is 3.53. The van der Waals surface area contributed by atoms with Gasteiger partial charge in [-0.3, -0.25) is 14.4 Å². The van der Waals surface area contributed by atoms with Gasteiger partial charge in [-0.1, -0.05) is 35.3 Å². The van der Waals surface area contributed by atoms with Crippen LogP contribution in [0, 0.1) is 0 Å². The largest absolute Gasteiger partial charge is 0.497 e. The highest BCUT2D eigenvalue weighted by atomic mass is 35.5. The Labute approximate surface area is 251 Å². The summed E-state index contributed by atoms with van der Waals surface area (Å²) in [6.07, 6.45) is 2.01. The number of hydrogen-bond donors (Lipinski definition) is 2. The summed E-state index contributed by atoms with van der Waals surface area (Å²) in [4.78, 5) is 52.0. The summed E-state index contributed by atoms with van der Waals surface area (Å²) in [7, 11) is 2.84. The van der Waals surface area contributed by atoms with Crippen molar-refractivity contribution in [2.75, 3.05) is 26.1 Å². The first-order chi connectivity index (χ1) is 20.1. The molecule has 2 heterocycles. The van der Waals surface area contributed by atoms with Crippen LogP contribution in [0.5, 0.6) is 5.75 Å². The molecule has 1 aliphatic heterocycles. The predicted octanol–water partition coefficient (Wildman–Crippen LogP) is 4.77. The average molecular weight is 612 g/mol. The van der Waals surface area contributed by atoms with Gasteiger partial charge in [0, 0.05) is 17.9 Å². The van der Waals surface area contributed by atoms with Crippen molar-refractivity contribution in [2.45, 2.75) is 19.9 Å². The van der Waals surface area contributed by atoms with E-state index >= 15 is 0 Å². The maximum absolute atomic E-state index is 13.4. The zero-order chi connectivity index (χ0) is 30.4. The van der Waals surface area contributed by atoms with Crippen molar-refractivity contribution in [3.8, 4) is 5.75 Å². The molecule has 0 unspecified atom stereocenters. The van der Waals surface area contributed by atoms with E-state index in [9.17, 15) is 19.2 Å². The topological polar surface area (TPSA) is 127 Å². The number of ether oxygens (including phenoxy) is 2. The van der Waals surface area contributed by atoms with Crippen molar-refractivity contribution in [1.29, 1.82) is 0 Å². The van der Waals surface area contributed by atoms with Crippen molar-refractivity contribution in [1.82, 2.24) is 10.2 Å². The number of benzene rings is 2. The van der Waals surface area contributed by atoms with E-state index in [1.54, 1.807) is 26.2 Å². The number of allylic oxidation sites excluding steroid dienone is 1. The van der Waals surface area contributed by atoms with Gasteiger partial charge in [-0.2, -0.15) is 0 Å². The number of furan rings is 1. The number of hydrogen-bond acceptors (Lipinski definition) is 7. The van der Waals surface area contributed by atoms with Crippen LogP contribution in [0.1, 0.15) is 24.0 Å². The van der Waals surface area contributed by atoms with Crippen molar-refractivity contribution in [3.63, 3.8) is 0 Å². The molecular formula is C30H27Cl2N3O7. The Morgan fingerprint density at radius 1 is 0.976 bits per heavy atom. The Hall–Kier alpha value is -4.54. The van der Waals surface area contributed by atoms with Gasteiger partial charge in [-0.25, -0.2) is 4.79 Å². The van der Waals surface area contributed by atoms with Gasteiger partial charge in [0.25, 0.3) is 5.91 Å². The first kappa shape index (κ1) is 30.4. The quantitative estimate of drug-likeness (QED) is 0.203. The molecule has 12 heteroatoms. The van der Waals surface area contributed by atoms with Crippen LogP contribution in [0.4, 0.5) is 5.69 Å². The fraction of sp³-hybridized carbons (Fsp3) is 0.200. The SMILES string of the molecule is COC(=O)C1=C(C)N(CCc2ccc(OC)cc2)C(=O)/C1=C\c1ccc(CNC(=O)C(=O)Nc2ccc(Cl)c(Cl)c2)o1. The number of anilines is 1. The highest BCUT2D eigenvalue weighted by Crippen LogP contribution is 2.32. The standard InChI is InChI=1S/C30H27Cl2N3O7/c1-17-26(30(39)41-3)23(29(38)35(17)13-12-18-4-7-20(40-2)8-5-18)15-21-9-10-22(42-21)16-33-27(36)28(37)34-19-6-11-24(31)25(32)14-19/h4-11,14-15H,12-13,16H2,1-3H3,(H,33,36)(H,34,37)/b23-15-. The van der Waals surface area contributed by atoms with Gasteiger partial charge in [0.15, 0.2) is 0 Å². The Bertz CT molecular complexity index is 1590. The number of rotatable bonds is 9. The minimum absolute atomic E-state index is 0.0997. The summed E-state index contributed by atoms with van der Waals surface area (Å²) in [6.45, 7) is 1.93. The number of esters is 1. The van der Waals surface area contributed by atoms with E-state index in [1.165, 1.54) is 36.3 Å². The van der Waals surface area contributed by atoms with E-state index < -0.39 is 17.8 Å². The van der Waals surface area contributed by atoms with Crippen LogP contribution >= 0.6 is 23.2 Å². The third-order valence-corrected chi connectivity index (χ3v) is 7.20. The molecule has 1 aliphatic rings. The maximum atomic E-state index is 13.4. The number of carbonyl (C=O) groups excluding carboxylic acids is 4. The monoisotopic (exact) mass is 611 g/mol. The molecule has 0 radical (unpaired) electrons. The zero-order valence-electron chi connectivity index (χ0n) is 23.0. The van der Waals surface area contributed by atoms with Crippen molar-refractivity contribution in [2.24, 2.45) is 0 Å². The van der Waals surface area contributed by atoms with Gasteiger partial charge in [0.2, 0.25) is 0 Å².